The lowest BCUT2D eigenvalue weighted by molar-refractivity contribution is -0.340. The molecule has 7 heteroatoms. The van der Waals surface area contributed by atoms with Crippen LogP contribution in [0.25, 0.3) is 0 Å². The van der Waals surface area contributed by atoms with Crippen molar-refractivity contribution in [3.63, 3.8) is 0 Å². The number of ether oxygens (including phenoxy) is 5. The number of esters is 1. The van der Waals surface area contributed by atoms with Gasteiger partial charge in [-0.05, 0) is 0 Å². The van der Waals surface area contributed by atoms with Gasteiger partial charge in [-0.2, -0.15) is 0 Å². The summed E-state index contributed by atoms with van der Waals surface area (Å²) in [4.78, 5) is 24.3. The van der Waals surface area contributed by atoms with E-state index in [2.05, 4.69) is 0 Å². The Labute approximate surface area is 115 Å². The van der Waals surface area contributed by atoms with Crippen LogP contribution in [0.15, 0.2) is 0 Å². The highest BCUT2D eigenvalue weighted by atomic mass is 16.8. The van der Waals surface area contributed by atoms with Gasteiger partial charge in [0.05, 0.1) is 33.0 Å². The summed E-state index contributed by atoms with van der Waals surface area (Å²) in [5.74, 6) is -3.16. The quantitative estimate of drug-likeness (QED) is 0.473. The standard InChI is InChI=1S/C13H16O7/c1-16-11(15)9-7(14)4-6-8-5-17-12(20-8)13(10(6)9)18-2-3-19-13/h6,8-10,12H,2-5H2,1H3/t6-,8-,9?,10+,12-/m1/s1. The second-order valence-electron chi connectivity index (χ2n) is 5.62. The zero-order chi connectivity index (χ0) is 13.9. The van der Waals surface area contributed by atoms with E-state index in [0.717, 1.165) is 0 Å². The number of ketones is 1. The van der Waals surface area contributed by atoms with E-state index in [1.54, 1.807) is 0 Å². The molecule has 0 aromatic rings. The van der Waals surface area contributed by atoms with E-state index in [-0.39, 0.29) is 24.2 Å². The average molecular weight is 284 g/mol. The number of hydrogen-bond donors (Lipinski definition) is 0. The van der Waals surface area contributed by atoms with Crippen LogP contribution in [0.2, 0.25) is 0 Å². The molecule has 0 amide bonds. The fraction of sp³-hybridized carbons (Fsp3) is 0.846. The third-order valence-electron chi connectivity index (χ3n) is 4.78. The predicted octanol–water partition coefficient (Wildman–Crippen LogP) is -0.521. The van der Waals surface area contributed by atoms with Crippen molar-refractivity contribution >= 4 is 11.8 Å². The van der Waals surface area contributed by atoms with Crippen LogP contribution < -0.4 is 0 Å². The topological polar surface area (TPSA) is 80.3 Å². The highest BCUT2D eigenvalue weighted by molar-refractivity contribution is 6.01. The Balaban J connectivity index is 1.78. The van der Waals surface area contributed by atoms with Gasteiger partial charge in [-0.3, -0.25) is 9.59 Å². The van der Waals surface area contributed by atoms with Crippen molar-refractivity contribution in [3.05, 3.63) is 0 Å². The van der Waals surface area contributed by atoms with Crippen LogP contribution in [0.4, 0.5) is 0 Å². The molecule has 1 spiro atoms. The lowest BCUT2D eigenvalue weighted by atomic mass is 9.78. The van der Waals surface area contributed by atoms with Crippen molar-refractivity contribution in [1.29, 1.82) is 0 Å². The Morgan fingerprint density at radius 1 is 1.35 bits per heavy atom. The van der Waals surface area contributed by atoms with Gasteiger partial charge in [0.2, 0.25) is 12.1 Å². The average Bonchev–Trinajstić information content (AvgIpc) is 3.12. The smallest absolute Gasteiger partial charge is 0.316 e. The summed E-state index contributed by atoms with van der Waals surface area (Å²) >= 11 is 0. The maximum absolute atomic E-state index is 12.2. The van der Waals surface area contributed by atoms with Crippen LogP contribution >= 0.6 is 0 Å². The minimum absolute atomic E-state index is 0.122. The van der Waals surface area contributed by atoms with Crippen LogP contribution in [-0.4, -0.2) is 56.9 Å². The van der Waals surface area contributed by atoms with Gasteiger partial charge in [-0.15, -0.1) is 0 Å². The van der Waals surface area contributed by atoms with Gasteiger partial charge < -0.3 is 23.7 Å². The number of carbonyl (C=O) groups is 2. The molecular formula is C13H16O7. The van der Waals surface area contributed by atoms with Crippen molar-refractivity contribution in [2.24, 2.45) is 17.8 Å². The number of methoxy groups -OCH3 is 1. The summed E-state index contributed by atoms with van der Waals surface area (Å²) in [6, 6.07) is 0. The van der Waals surface area contributed by atoms with Crippen LogP contribution in [-0.2, 0) is 33.3 Å². The molecular weight excluding hydrogens is 268 g/mol. The van der Waals surface area contributed by atoms with Gasteiger partial charge in [0.25, 0.3) is 0 Å². The first kappa shape index (κ1) is 12.7. The summed E-state index contributed by atoms with van der Waals surface area (Å²) in [7, 11) is 1.29. The normalized spacial score (nSPS) is 44.9. The molecule has 3 saturated heterocycles. The van der Waals surface area contributed by atoms with Crippen molar-refractivity contribution < 1.29 is 33.3 Å². The van der Waals surface area contributed by atoms with Crippen LogP contribution in [0.3, 0.4) is 0 Å². The van der Waals surface area contributed by atoms with Crippen molar-refractivity contribution in [1.82, 2.24) is 0 Å². The summed E-state index contributed by atoms with van der Waals surface area (Å²) in [5.41, 5.74) is 0. The Morgan fingerprint density at radius 2 is 2.10 bits per heavy atom. The molecule has 2 bridgehead atoms. The Morgan fingerprint density at radius 3 is 2.80 bits per heavy atom. The SMILES string of the molecule is COC(=O)C1C(=O)C[C@H]2[C@@H]1C1(OCCO1)[C@@H]1OC[C@H]2O1. The van der Waals surface area contributed by atoms with Crippen LogP contribution in [0, 0.1) is 17.8 Å². The van der Waals surface area contributed by atoms with E-state index >= 15 is 0 Å². The Hall–Kier alpha value is -1.02. The van der Waals surface area contributed by atoms with E-state index in [9.17, 15) is 9.59 Å². The molecule has 3 aliphatic heterocycles. The second kappa shape index (κ2) is 4.24. The van der Waals surface area contributed by atoms with Crippen LogP contribution in [0.1, 0.15) is 6.42 Å². The number of carbonyl (C=O) groups excluding carboxylic acids is 2. The lowest BCUT2D eigenvalue weighted by Crippen LogP contribution is -2.59. The van der Waals surface area contributed by atoms with Gasteiger partial charge in [0, 0.05) is 18.3 Å². The molecule has 20 heavy (non-hydrogen) atoms. The monoisotopic (exact) mass is 284 g/mol. The molecule has 0 aromatic heterocycles. The summed E-state index contributed by atoms with van der Waals surface area (Å²) < 4.78 is 27.7. The van der Waals surface area contributed by atoms with E-state index < -0.39 is 29.9 Å². The summed E-state index contributed by atoms with van der Waals surface area (Å²) in [6.07, 6.45) is -0.573. The molecule has 4 aliphatic rings. The van der Waals surface area contributed by atoms with Crippen molar-refractivity contribution in [2.45, 2.75) is 24.6 Å². The minimum Gasteiger partial charge on any atom is -0.468 e. The van der Waals surface area contributed by atoms with Gasteiger partial charge >= 0.3 is 5.97 Å². The van der Waals surface area contributed by atoms with Gasteiger partial charge in [0.1, 0.15) is 11.7 Å². The molecule has 7 nitrogen and oxygen atoms in total. The molecule has 4 fully saturated rings. The second-order valence-corrected chi connectivity index (χ2v) is 5.62. The lowest BCUT2D eigenvalue weighted by Gasteiger charge is -2.44. The molecule has 3 heterocycles. The Bertz CT molecular complexity index is 456. The van der Waals surface area contributed by atoms with E-state index in [1.807, 2.05) is 0 Å². The first-order valence-corrected chi connectivity index (χ1v) is 6.83. The number of rotatable bonds is 1. The molecule has 0 N–H and O–H groups in total. The molecule has 0 aromatic carbocycles. The molecule has 1 aliphatic carbocycles. The number of hydrogen-bond acceptors (Lipinski definition) is 7. The zero-order valence-corrected chi connectivity index (χ0v) is 11.1. The molecule has 1 saturated carbocycles. The van der Waals surface area contributed by atoms with Crippen LogP contribution in [0.5, 0.6) is 0 Å². The zero-order valence-electron chi connectivity index (χ0n) is 11.1. The summed E-state index contributed by atoms with van der Waals surface area (Å²) in [6.45, 7) is 1.21. The Kier molecular flexibility index (Phi) is 2.69. The van der Waals surface area contributed by atoms with E-state index in [4.69, 9.17) is 23.7 Å². The van der Waals surface area contributed by atoms with Crippen molar-refractivity contribution in [3.8, 4) is 0 Å². The maximum atomic E-state index is 12.2. The first-order valence-electron chi connectivity index (χ1n) is 6.83. The number of Topliss-reactive ketones (excluding diaryl/α,β-unsaturated/α-hetero) is 1. The fourth-order valence-corrected chi connectivity index (χ4v) is 4.02. The maximum Gasteiger partial charge on any atom is 0.316 e. The minimum atomic E-state index is -1.15. The molecule has 110 valence electrons. The fourth-order valence-electron chi connectivity index (χ4n) is 4.02. The molecule has 0 radical (unpaired) electrons. The first-order chi connectivity index (χ1) is 9.67. The third kappa shape index (κ3) is 1.43. The van der Waals surface area contributed by atoms with E-state index in [0.29, 0.717) is 19.8 Å². The number of fused-ring (bicyclic) bond motifs is 6. The predicted molar refractivity (Wildman–Crippen MR) is 61.4 cm³/mol. The highest BCUT2D eigenvalue weighted by Crippen LogP contribution is 2.55. The van der Waals surface area contributed by atoms with E-state index in [1.165, 1.54) is 7.11 Å². The largest absolute Gasteiger partial charge is 0.468 e. The van der Waals surface area contributed by atoms with Gasteiger partial charge in [-0.1, -0.05) is 0 Å². The molecule has 1 unspecified atom stereocenters. The molecule has 4 rings (SSSR count). The van der Waals surface area contributed by atoms with Gasteiger partial charge in [-0.25, -0.2) is 0 Å². The molecule has 5 atom stereocenters. The van der Waals surface area contributed by atoms with Crippen molar-refractivity contribution in [2.75, 3.05) is 26.9 Å². The van der Waals surface area contributed by atoms with Gasteiger partial charge in [0.15, 0.2) is 0 Å². The summed E-state index contributed by atoms with van der Waals surface area (Å²) in [5, 5.41) is 0. The highest BCUT2D eigenvalue weighted by Gasteiger charge is 2.70. The third-order valence-corrected chi connectivity index (χ3v) is 4.78.